The van der Waals surface area contributed by atoms with E-state index < -0.39 is 12.5 Å². The molecule has 0 radical (unpaired) electrons. The summed E-state index contributed by atoms with van der Waals surface area (Å²) in [6.07, 6.45) is 1.45. The van der Waals surface area contributed by atoms with E-state index in [9.17, 15) is 13.6 Å². The van der Waals surface area contributed by atoms with Gasteiger partial charge in [0.25, 0.3) is 5.91 Å². The number of amides is 1. The van der Waals surface area contributed by atoms with Gasteiger partial charge in [-0.15, -0.1) is 5.10 Å². The van der Waals surface area contributed by atoms with Crippen LogP contribution in [0.4, 0.5) is 14.5 Å². The monoisotopic (exact) mass is 375 g/mol. The molecule has 0 aliphatic carbocycles. The summed E-state index contributed by atoms with van der Waals surface area (Å²) in [6.45, 7) is -1.04. The number of carbonyl (C=O) groups is 1. The standard InChI is InChI=1S/C17H15F2N5O3/c1-2-26-15-9-11(3-8-14(15)27-17(18)19)16(25)21-12-4-6-13(7-5-12)24-10-20-22-23-24/h3-10,17H,2H2,1H3,(H,21,25). The number of alkyl halides is 2. The molecule has 1 amide bonds. The molecule has 3 rings (SSSR count). The second-order valence-corrected chi connectivity index (χ2v) is 5.23. The van der Waals surface area contributed by atoms with Crippen molar-refractivity contribution in [2.24, 2.45) is 0 Å². The highest BCUT2D eigenvalue weighted by atomic mass is 19.3. The number of rotatable bonds is 7. The lowest BCUT2D eigenvalue weighted by Gasteiger charge is -2.13. The Morgan fingerprint density at radius 1 is 1.19 bits per heavy atom. The number of nitrogens with zero attached hydrogens (tertiary/aromatic N) is 4. The molecule has 10 heteroatoms. The first kappa shape index (κ1) is 18.2. The Hall–Kier alpha value is -3.56. The quantitative estimate of drug-likeness (QED) is 0.683. The number of nitrogens with one attached hydrogen (secondary N) is 1. The molecule has 0 saturated heterocycles. The van der Waals surface area contributed by atoms with Crippen LogP contribution in [-0.4, -0.2) is 39.3 Å². The summed E-state index contributed by atoms with van der Waals surface area (Å²) in [5.41, 5.74) is 1.51. The topological polar surface area (TPSA) is 91.2 Å². The summed E-state index contributed by atoms with van der Waals surface area (Å²) in [5, 5.41) is 13.6. The van der Waals surface area contributed by atoms with Gasteiger partial charge in [-0.25, -0.2) is 4.68 Å². The van der Waals surface area contributed by atoms with Crippen molar-refractivity contribution >= 4 is 11.6 Å². The van der Waals surface area contributed by atoms with Gasteiger partial charge < -0.3 is 14.8 Å². The molecule has 27 heavy (non-hydrogen) atoms. The van der Waals surface area contributed by atoms with E-state index in [0.29, 0.717) is 5.69 Å². The number of ether oxygens (including phenoxy) is 2. The largest absolute Gasteiger partial charge is 0.490 e. The Bertz CT molecular complexity index is 901. The van der Waals surface area contributed by atoms with Gasteiger partial charge in [0.05, 0.1) is 12.3 Å². The third-order valence-corrected chi connectivity index (χ3v) is 3.46. The van der Waals surface area contributed by atoms with Gasteiger partial charge in [-0.3, -0.25) is 4.79 Å². The molecule has 0 atom stereocenters. The van der Waals surface area contributed by atoms with Crippen LogP contribution in [0.1, 0.15) is 17.3 Å². The van der Waals surface area contributed by atoms with Gasteiger partial charge in [-0.05, 0) is 59.8 Å². The highest BCUT2D eigenvalue weighted by Crippen LogP contribution is 2.30. The van der Waals surface area contributed by atoms with Crippen LogP contribution in [0.25, 0.3) is 5.69 Å². The molecule has 1 aromatic heterocycles. The van der Waals surface area contributed by atoms with Crippen LogP contribution in [0.3, 0.4) is 0 Å². The average molecular weight is 375 g/mol. The van der Waals surface area contributed by atoms with E-state index in [1.807, 2.05) is 0 Å². The lowest BCUT2D eigenvalue weighted by Crippen LogP contribution is -2.13. The molecule has 140 valence electrons. The molecule has 0 spiro atoms. The highest BCUT2D eigenvalue weighted by Gasteiger charge is 2.15. The summed E-state index contributed by atoms with van der Waals surface area (Å²) in [4.78, 5) is 12.4. The third-order valence-electron chi connectivity index (χ3n) is 3.46. The molecule has 3 aromatic rings. The summed E-state index contributed by atoms with van der Waals surface area (Å²) in [7, 11) is 0. The Morgan fingerprint density at radius 3 is 2.59 bits per heavy atom. The minimum Gasteiger partial charge on any atom is -0.490 e. The fourth-order valence-electron chi connectivity index (χ4n) is 2.29. The summed E-state index contributed by atoms with van der Waals surface area (Å²) >= 11 is 0. The number of anilines is 1. The predicted octanol–water partition coefficient (Wildman–Crippen LogP) is 2.91. The van der Waals surface area contributed by atoms with Crippen molar-refractivity contribution in [1.29, 1.82) is 0 Å². The molecule has 0 unspecified atom stereocenters. The van der Waals surface area contributed by atoms with E-state index in [0.717, 1.165) is 5.69 Å². The van der Waals surface area contributed by atoms with Crippen molar-refractivity contribution < 1.29 is 23.0 Å². The number of carbonyl (C=O) groups excluding carboxylic acids is 1. The molecule has 1 N–H and O–H groups in total. The number of hydrogen-bond donors (Lipinski definition) is 1. The highest BCUT2D eigenvalue weighted by molar-refractivity contribution is 6.04. The number of benzene rings is 2. The van der Waals surface area contributed by atoms with Crippen LogP contribution < -0.4 is 14.8 Å². The normalized spacial score (nSPS) is 10.7. The van der Waals surface area contributed by atoms with Crippen molar-refractivity contribution in [3.05, 3.63) is 54.4 Å². The van der Waals surface area contributed by atoms with Crippen molar-refractivity contribution in [3.8, 4) is 17.2 Å². The second-order valence-electron chi connectivity index (χ2n) is 5.23. The van der Waals surface area contributed by atoms with Gasteiger partial charge in [0.2, 0.25) is 0 Å². The van der Waals surface area contributed by atoms with E-state index >= 15 is 0 Å². The first-order chi connectivity index (χ1) is 13.1. The lowest BCUT2D eigenvalue weighted by molar-refractivity contribution is -0.0514. The minimum atomic E-state index is -2.98. The van der Waals surface area contributed by atoms with Crippen LogP contribution in [0.5, 0.6) is 11.5 Å². The van der Waals surface area contributed by atoms with E-state index in [1.54, 1.807) is 31.2 Å². The van der Waals surface area contributed by atoms with Gasteiger partial charge in [0.15, 0.2) is 11.5 Å². The minimum absolute atomic E-state index is 0.0690. The molecule has 2 aromatic carbocycles. The Labute approximate surface area is 152 Å². The van der Waals surface area contributed by atoms with Crippen LogP contribution in [0.2, 0.25) is 0 Å². The maximum atomic E-state index is 12.5. The molecule has 0 aliphatic rings. The van der Waals surface area contributed by atoms with Gasteiger partial charge in [-0.1, -0.05) is 0 Å². The molecule has 0 fully saturated rings. The van der Waals surface area contributed by atoms with Crippen LogP contribution in [0, 0.1) is 0 Å². The van der Waals surface area contributed by atoms with Gasteiger partial charge in [-0.2, -0.15) is 8.78 Å². The van der Waals surface area contributed by atoms with E-state index in [-0.39, 0.29) is 23.7 Å². The fraction of sp³-hybridized carbons (Fsp3) is 0.176. The van der Waals surface area contributed by atoms with Gasteiger partial charge in [0, 0.05) is 11.3 Å². The second kappa shape index (κ2) is 8.21. The molecule has 8 nitrogen and oxygen atoms in total. The van der Waals surface area contributed by atoms with Crippen LogP contribution >= 0.6 is 0 Å². The zero-order chi connectivity index (χ0) is 19.2. The van der Waals surface area contributed by atoms with Crippen molar-refractivity contribution in [2.45, 2.75) is 13.5 Å². The molecular formula is C17H15F2N5O3. The maximum absolute atomic E-state index is 12.5. The van der Waals surface area contributed by atoms with Crippen molar-refractivity contribution in [1.82, 2.24) is 20.2 Å². The first-order valence-electron chi connectivity index (χ1n) is 7.93. The molecule has 1 heterocycles. The average Bonchev–Trinajstić information content (AvgIpc) is 3.18. The van der Waals surface area contributed by atoms with E-state index in [4.69, 9.17) is 4.74 Å². The predicted molar refractivity (Wildman–Crippen MR) is 91.4 cm³/mol. The summed E-state index contributed by atoms with van der Waals surface area (Å²) in [5.74, 6) is -0.483. The van der Waals surface area contributed by atoms with Crippen LogP contribution in [-0.2, 0) is 0 Å². The zero-order valence-electron chi connectivity index (χ0n) is 14.2. The Morgan fingerprint density at radius 2 is 1.96 bits per heavy atom. The van der Waals surface area contributed by atoms with E-state index in [2.05, 4.69) is 25.6 Å². The maximum Gasteiger partial charge on any atom is 0.387 e. The van der Waals surface area contributed by atoms with Gasteiger partial charge in [0.1, 0.15) is 6.33 Å². The number of aromatic nitrogens is 4. The Balaban J connectivity index is 1.74. The van der Waals surface area contributed by atoms with Crippen molar-refractivity contribution in [3.63, 3.8) is 0 Å². The lowest BCUT2D eigenvalue weighted by atomic mass is 10.1. The van der Waals surface area contributed by atoms with Crippen molar-refractivity contribution in [2.75, 3.05) is 11.9 Å². The number of tetrazole rings is 1. The van der Waals surface area contributed by atoms with Crippen LogP contribution in [0.15, 0.2) is 48.8 Å². The fourth-order valence-corrected chi connectivity index (χ4v) is 2.29. The SMILES string of the molecule is CCOc1cc(C(=O)Nc2ccc(-n3cnnn3)cc2)ccc1OC(F)F. The molecular weight excluding hydrogens is 360 g/mol. The molecule has 0 aliphatic heterocycles. The third kappa shape index (κ3) is 4.54. The van der Waals surface area contributed by atoms with Gasteiger partial charge >= 0.3 is 6.61 Å². The summed E-state index contributed by atoms with van der Waals surface area (Å²) in [6, 6.07) is 10.8. The zero-order valence-corrected chi connectivity index (χ0v) is 14.2. The number of halogens is 2. The Kier molecular flexibility index (Phi) is 5.55. The van der Waals surface area contributed by atoms with E-state index in [1.165, 1.54) is 29.2 Å². The summed E-state index contributed by atoms with van der Waals surface area (Å²) < 4.78 is 36.0. The molecule has 0 bridgehead atoms. The number of hydrogen-bond acceptors (Lipinski definition) is 6. The first-order valence-corrected chi connectivity index (χ1v) is 7.93. The smallest absolute Gasteiger partial charge is 0.387 e. The molecule has 0 saturated carbocycles.